The number of nitrogens with zero attached hydrogens (tertiary/aromatic N) is 6. The van der Waals surface area contributed by atoms with E-state index in [-0.39, 0.29) is 4.90 Å². The van der Waals surface area contributed by atoms with Crippen LogP contribution >= 0.6 is 0 Å². The molecule has 10 nitrogen and oxygen atoms in total. The quantitative estimate of drug-likeness (QED) is 0.583. The van der Waals surface area contributed by atoms with Crippen molar-refractivity contribution in [2.45, 2.75) is 18.7 Å². The molecule has 0 radical (unpaired) electrons. The van der Waals surface area contributed by atoms with Crippen LogP contribution in [0.2, 0.25) is 0 Å². The summed E-state index contributed by atoms with van der Waals surface area (Å²) in [7, 11) is -3.62. The molecule has 2 aromatic heterocycles. The van der Waals surface area contributed by atoms with Crippen LogP contribution in [0.25, 0.3) is 5.82 Å². The third kappa shape index (κ3) is 3.78. The van der Waals surface area contributed by atoms with E-state index in [0.29, 0.717) is 62.5 Å². The normalized spacial score (nSPS) is 16.9. The standard InChI is InChI=1S/C21H24N6O4S/c1-15-13-16(2)27(24-15)21-6-5-20(22-23-21)25-7-9-26(10-8-25)32(28,29)17-3-4-18-19(14-17)31-12-11-30-18/h3-6,13-14H,7-12H2,1-2H3. The van der Waals surface area contributed by atoms with Gasteiger partial charge in [-0.3, -0.25) is 0 Å². The van der Waals surface area contributed by atoms with E-state index in [9.17, 15) is 8.42 Å². The molecule has 1 saturated heterocycles. The van der Waals surface area contributed by atoms with E-state index in [1.54, 1.807) is 22.9 Å². The highest BCUT2D eigenvalue weighted by molar-refractivity contribution is 7.89. The summed E-state index contributed by atoms with van der Waals surface area (Å²) in [6.07, 6.45) is 0. The average Bonchev–Trinajstić information content (AvgIpc) is 3.16. The summed E-state index contributed by atoms with van der Waals surface area (Å²) in [5.41, 5.74) is 1.91. The molecular weight excluding hydrogens is 432 g/mol. The summed E-state index contributed by atoms with van der Waals surface area (Å²) in [4.78, 5) is 2.25. The first-order valence-electron chi connectivity index (χ1n) is 10.4. The zero-order valence-corrected chi connectivity index (χ0v) is 18.7. The van der Waals surface area contributed by atoms with Crippen LogP contribution in [0.5, 0.6) is 11.5 Å². The Hall–Kier alpha value is -3.18. The molecule has 2 aliphatic rings. The molecule has 0 saturated carbocycles. The minimum absolute atomic E-state index is 0.212. The molecule has 0 amide bonds. The maximum Gasteiger partial charge on any atom is 0.243 e. The summed E-state index contributed by atoms with van der Waals surface area (Å²) in [6.45, 7) is 6.55. The van der Waals surface area contributed by atoms with Gasteiger partial charge in [-0.2, -0.15) is 9.40 Å². The maximum absolute atomic E-state index is 13.1. The largest absolute Gasteiger partial charge is 0.486 e. The van der Waals surface area contributed by atoms with Crippen molar-refractivity contribution in [2.75, 3.05) is 44.3 Å². The van der Waals surface area contributed by atoms with Crippen molar-refractivity contribution in [2.24, 2.45) is 0 Å². The molecule has 4 heterocycles. The Labute approximate surface area is 186 Å². The number of aromatic nitrogens is 4. The Kier molecular flexibility index (Phi) is 5.22. The Morgan fingerprint density at radius 1 is 0.844 bits per heavy atom. The van der Waals surface area contributed by atoms with E-state index in [2.05, 4.69) is 15.3 Å². The zero-order valence-electron chi connectivity index (χ0n) is 17.9. The van der Waals surface area contributed by atoms with Crippen LogP contribution in [0.1, 0.15) is 11.4 Å². The number of rotatable bonds is 4. The van der Waals surface area contributed by atoms with Crippen LogP contribution in [-0.4, -0.2) is 72.1 Å². The summed E-state index contributed by atoms with van der Waals surface area (Å²) in [5, 5.41) is 13.1. The van der Waals surface area contributed by atoms with Gasteiger partial charge in [0.05, 0.1) is 10.6 Å². The van der Waals surface area contributed by atoms with Crippen molar-refractivity contribution >= 4 is 15.8 Å². The third-order valence-electron chi connectivity index (χ3n) is 5.58. The number of benzene rings is 1. The zero-order chi connectivity index (χ0) is 22.3. The van der Waals surface area contributed by atoms with Crippen LogP contribution in [0.4, 0.5) is 5.82 Å². The first kappa shape index (κ1) is 20.7. The van der Waals surface area contributed by atoms with Crippen LogP contribution in [0.3, 0.4) is 0 Å². The van der Waals surface area contributed by atoms with Gasteiger partial charge in [0, 0.05) is 37.9 Å². The highest BCUT2D eigenvalue weighted by Gasteiger charge is 2.30. The predicted octanol–water partition coefficient (Wildman–Crippen LogP) is 1.56. The van der Waals surface area contributed by atoms with Crippen LogP contribution in [0.15, 0.2) is 41.3 Å². The van der Waals surface area contributed by atoms with Crippen LogP contribution in [0, 0.1) is 13.8 Å². The molecule has 168 valence electrons. The molecule has 2 aliphatic heterocycles. The Balaban J connectivity index is 1.27. The van der Waals surface area contributed by atoms with E-state index in [4.69, 9.17) is 9.47 Å². The van der Waals surface area contributed by atoms with Gasteiger partial charge in [-0.15, -0.1) is 10.2 Å². The lowest BCUT2D eigenvalue weighted by Crippen LogP contribution is -2.49. The summed E-state index contributed by atoms with van der Waals surface area (Å²) in [6, 6.07) is 10.5. The van der Waals surface area contributed by atoms with Gasteiger partial charge < -0.3 is 14.4 Å². The number of aryl methyl sites for hydroxylation is 2. The molecule has 1 fully saturated rings. The van der Waals surface area contributed by atoms with Crippen molar-refractivity contribution in [1.29, 1.82) is 0 Å². The molecule has 0 spiro atoms. The molecule has 0 unspecified atom stereocenters. The Morgan fingerprint density at radius 3 is 2.19 bits per heavy atom. The van der Waals surface area contributed by atoms with E-state index in [1.807, 2.05) is 36.9 Å². The molecule has 0 atom stereocenters. The third-order valence-corrected chi connectivity index (χ3v) is 7.47. The van der Waals surface area contributed by atoms with E-state index in [0.717, 1.165) is 11.4 Å². The molecule has 32 heavy (non-hydrogen) atoms. The van der Waals surface area contributed by atoms with Gasteiger partial charge in [0.1, 0.15) is 13.2 Å². The fourth-order valence-electron chi connectivity index (χ4n) is 3.95. The van der Waals surface area contributed by atoms with Crippen molar-refractivity contribution in [3.63, 3.8) is 0 Å². The molecule has 3 aromatic rings. The minimum atomic E-state index is -3.62. The Bertz CT molecular complexity index is 1230. The minimum Gasteiger partial charge on any atom is -0.486 e. The molecule has 5 rings (SSSR count). The fourth-order valence-corrected chi connectivity index (χ4v) is 5.39. The molecule has 1 aromatic carbocycles. The number of ether oxygens (including phenoxy) is 2. The van der Waals surface area contributed by atoms with E-state index < -0.39 is 10.0 Å². The highest BCUT2D eigenvalue weighted by Crippen LogP contribution is 2.33. The highest BCUT2D eigenvalue weighted by atomic mass is 32.2. The monoisotopic (exact) mass is 456 g/mol. The topological polar surface area (TPSA) is 103 Å². The first-order valence-corrected chi connectivity index (χ1v) is 11.9. The van der Waals surface area contributed by atoms with Gasteiger partial charge in [-0.25, -0.2) is 13.1 Å². The summed E-state index contributed by atoms with van der Waals surface area (Å²) in [5.74, 6) is 2.40. The van der Waals surface area contributed by atoms with Crippen molar-refractivity contribution in [3.05, 3.63) is 47.8 Å². The van der Waals surface area contributed by atoms with Crippen molar-refractivity contribution in [3.8, 4) is 17.3 Å². The first-order chi connectivity index (χ1) is 15.4. The maximum atomic E-state index is 13.1. The van der Waals surface area contributed by atoms with Gasteiger partial charge >= 0.3 is 0 Å². The second-order valence-corrected chi connectivity index (χ2v) is 9.72. The number of fused-ring (bicyclic) bond motifs is 1. The van der Waals surface area contributed by atoms with Crippen LogP contribution < -0.4 is 14.4 Å². The summed E-state index contributed by atoms with van der Waals surface area (Å²) >= 11 is 0. The average molecular weight is 457 g/mol. The van der Waals surface area contributed by atoms with E-state index in [1.165, 1.54) is 4.31 Å². The van der Waals surface area contributed by atoms with Crippen molar-refractivity contribution < 1.29 is 17.9 Å². The summed E-state index contributed by atoms with van der Waals surface area (Å²) < 4.78 is 40.5. The molecule has 0 aliphatic carbocycles. The van der Waals surface area contributed by atoms with Gasteiger partial charge in [-0.1, -0.05) is 0 Å². The number of hydrogen-bond donors (Lipinski definition) is 0. The fraction of sp³-hybridized carbons (Fsp3) is 0.381. The number of hydrogen-bond acceptors (Lipinski definition) is 8. The van der Waals surface area contributed by atoms with Gasteiger partial charge in [0.25, 0.3) is 0 Å². The second kappa shape index (κ2) is 8.06. The number of anilines is 1. The van der Waals surface area contributed by atoms with Crippen LogP contribution in [-0.2, 0) is 10.0 Å². The SMILES string of the molecule is Cc1cc(C)n(-c2ccc(N3CCN(S(=O)(=O)c4ccc5c(c4)OCCO5)CC3)nn2)n1. The molecule has 0 bridgehead atoms. The van der Waals surface area contributed by atoms with Gasteiger partial charge in [0.2, 0.25) is 10.0 Å². The number of piperazine rings is 1. The lowest BCUT2D eigenvalue weighted by atomic mass is 10.3. The second-order valence-electron chi connectivity index (χ2n) is 7.79. The lowest BCUT2D eigenvalue weighted by molar-refractivity contribution is 0.171. The lowest BCUT2D eigenvalue weighted by Gasteiger charge is -2.34. The smallest absolute Gasteiger partial charge is 0.243 e. The Morgan fingerprint density at radius 2 is 1.53 bits per heavy atom. The molecular formula is C21H24N6O4S. The predicted molar refractivity (Wildman–Crippen MR) is 117 cm³/mol. The molecule has 11 heteroatoms. The molecule has 0 N–H and O–H groups in total. The van der Waals surface area contributed by atoms with Gasteiger partial charge in [0.15, 0.2) is 23.1 Å². The van der Waals surface area contributed by atoms with E-state index >= 15 is 0 Å². The van der Waals surface area contributed by atoms with Gasteiger partial charge in [-0.05, 0) is 44.2 Å². The van der Waals surface area contributed by atoms with Crippen molar-refractivity contribution in [1.82, 2.24) is 24.3 Å². The number of sulfonamides is 1.